The van der Waals surface area contributed by atoms with Gasteiger partial charge in [-0.3, -0.25) is 0 Å². The predicted octanol–water partition coefficient (Wildman–Crippen LogP) is 3.20. The van der Waals surface area contributed by atoms with Gasteiger partial charge in [-0.15, -0.1) is 0 Å². The van der Waals surface area contributed by atoms with Crippen LogP contribution in [-0.4, -0.2) is 19.0 Å². The molecule has 0 amide bonds. The Labute approximate surface area is 105 Å². The number of rotatable bonds is 3. The van der Waals surface area contributed by atoms with Gasteiger partial charge in [-0.2, -0.15) is 0 Å². The van der Waals surface area contributed by atoms with Crippen LogP contribution in [0, 0.1) is 5.92 Å². The highest BCUT2D eigenvalue weighted by Crippen LogP contribution is 2.38. The molecule has 3 heteroatoms. The molecule has 1 aliphatic carbocycles. The zero-order valence-electron chi connectivity index (χ0n) is 9.92. The molecule has 0 heterocycles. The average Bonchev–Trinajstić information content (AvgIpc) is 2.69. The second kappa shape index (κ2) is 4.66. The predicted molar refractivity (Wildman–Crippen MR) is 68.8 cm³/mol. The van der Waals surface area contributed by atoms with Crippen molar-refractivity contribution in [2.45, 2.75) is 24.6 Å². The first-order valence-electron chi connectivity index (χ1n) is 5.53. The summed E-state index contributed by atoms with van der Waals surface area (Å²) in [7, 11) is 3.37. The topological polar surface area (TPSA) is 18.5 Å². The fraction of sp³-hybridized carbons (Fsp3) is 0.538. The van der Waals surface area contributed by atoms with Crippen molar-refractivity contribution in [3.8, 4) is 11.5 Å². The lowest BCUT2D eigenvalue weighted by molar-refractivity contribution is 0.354. The summed E-state index contributed by atoms with van der Waals surface area (Å²) in [5.74, 6) is 2.36. The van der Waals surface area contributed by atoms with Crippen LogP contribution in [0.1, 0.15) is 18.1 Å². The smallest absolute Gasteiger partial charge is 0.161 e. The van der Waals surface area contributed by atoms with Crippen LogP contribution >= 0.6 is 15.9 Å². The van der Waals surface area contributed by atoms with Gasteiger partial charge in [0.25, 0.3) is 0 Å². The van der Waals surface area contributed by atoms with Gasteiger partial charge in [0.05, 0.1) is 14.2 Å². The maximum atomic E-state index is 5.32. The third kappa shape index (κ3) is 2.05. The molecule has 0 fully saturated rings. The van der Waals surface area contributed by atoms with Crippen LogP contribution in [0.2, 0.25) is 0 Å². The summed E-state index contributed by atoms with van der Waals surface area (Å²) in [5.41, 5.74) is 2.79. The summed E-state index contributed by atoms with van der Waals surface area (Å²) in [6.07, 6.45) is 2.25. The fourth-order valence-electron chi connectivity index (χ4n) is 2.31. The van der Waals surface area contributed by atoms with E-state index in [1.54, 1.807) is 14.2 Å². The molecule has 1 atom stereocenters. The molecule has 1 aromatic rings. The largest absolute Gasteiger partial charge is 0.493 e. The van der Waals surface area contributed by atoms with Gasteiger partial charge in [-0.05, 0) is 42.0 Å². The lowest BCUT2D eigenvalue weighted by Gasteiger charge is -2.10. The Balaban J connectivity index is 2.32. The molecule has 0 saturated carbocycles. The Bertz CT molecular complexity index is 355. The van der Waals surface area contributed by atoms with Crippen molar-refractivity contribution < 1.29 is 9.47 Å². The Hall–Kier alpha value is -0.700. The standard InChI is InChI=1S/C13H17BrO2/c1-8(14)9-4-10-6-12(15-2)13(16-3)7-11(10)5-9/h6-9H,4-5H2,1-3H3. The monoisotopic (exact) mass is 284 g/mol. The molecule has 0 aliphatic heterocycles. The Morgan fingerprint density at radius 1 is 1.12 bits per heavy atom. The summed E-state index contributed by atoms with van der Waals surface area (Å²) < 4.78 is 10.6. The second-order valence-corrected chi connectivity index (χ2v) is 5.77. The quantitative estimate of drug-likeness (QED) is 0.794. The number of halogens is 1. The molecular weight excluding hydrogens is 268 g/mol. The van der Waals surface area contributed by atoms with E-state index in [0.29, 0.717) is 10.7 Å². The highest BCUT2D eigenvalue weighted by molar-refractivity contribution is 9.09. The maximum absolute atomic E-state index is 5.32. The van der Waals surface area contributed by atoms with Gasteiger partial charge in [-0.1, -0.05) is 22.9 Å². The van der Waals surface area contributed by atoms with Crippen molar-refractivity contribution in [1.82, 2.24) is 0 Å². The number of alkyl halides is 1. The van der Waals surface area contributed by atoms with E-state index < -0.39 is 0 Å². The molecule has 0 radical (unpaired) electrons. The first kappa shape index (κ1) is 11.8. The first-order valence-corrected chi connectivity index (χ1v) is 6.45. The molecular formula is C13H17BrO2. The van der Waals surface area contributed by atoms with Gasteiger partial charge >= 0.3 is 0 Å². The minimum atomic E-state index is 0.553. The number of methoxy groups -OCH3 is 2. The van der Waals surface area contributed by atoms with E-state index in [-0.39, 0.29) is 0 Å². The molecule has 0 bridgehead atoms. The fourth-order valence-corrected chi connectivity index (χ4v) is 2.68. The highest BCUT2D eigenvalue weighted by Gasteiger charge is 2.26. The molecule has 88 valence electrons. The van der Waals surface area contributed by atoms with E-state index in [1.807, 2.05) is 0 Å². The Morgan fingerprint density at radius 2 is 1.56 bits per heavy atom. The molecule has 0 aromatic heterocycles. The maximum Gasteiger partial charge on any atom is 0.161 e. The summed E-state index contributed by atoms with van der Waals surface area (Å²) in [6.45, 7) is 2.21. The average molecular weight is 285 g/mol. The molecule has 1 aliphatic rings. The number of benzene rings is 1. The summed E-state index contributed by atoms with van der Waals surface area (Å²) in [5, 5.41) is 0. The van der Waals surface area contributed by atoms with E-state index in [4.69, 9.17) is 9.47 Å². The van der Waals surface area contributed by atoms with Gasteiger partial charge < -0.3 is 9.47 Å². The molecule has 1 unspecified atom stereocenters. The molecule has 0 saturated heterocycles. The van der Waals surface area contributed by atoms with Crippen LogP contribution in [0.5, 0.6) is 11.5 Å². The Morgan fingerprint density at radius 3 is 1.88 bits per heavy atom. The third-order valence-corrected chi connectivity index (χ3v) is 4.07. The lowest BCUT2D eigenvalue weighted by atomic mass is 10.0. The Kier molecular flexibility index (Phi) is 3.43. The minimum Gasteiger partial charge on any atom is -0.493 e. The van der Waals surface area contributed by atoms with Gasteiger partial charge in [0.2, 0.25) is 0 Å². The van der Waals surface area contributed by atoms with E-state index >= 15 is 0 Å². The zero-order chi connectivity index (χ0) is 11.7. The van der Waals surface area contributed by atoms with Crippen molar-refractivity contribution >= 4 is 15.9 Å². The SMILES string of the molecule is COc1cc2c(cc1OC)CC(C(C)Br)C2. The summed E-state index contributed by atoms with van der Waals surface area (Å²) in [6, 6.07) is 4.23. The van der Waals surface area contributed by atoms with Crippen molar-refractivity contribution in [3.63, 3.8) is 0 Å². The normalized spacial score (nSPS) is 17.0. The van der Waals surface area contributed by atoms with Gasteiger partial charge in [0.15, 0.2) is 11.5 Å². The van der Waals surface area contributed by atoms with E-state index in [9.17, 15) is 0 Å². The first-order chi connectivity index (χ1) is 7.65. The zero-order valence-corrected chi connectivity index (χ0v) is 11.5. The second-order valence-electron chi connectivity index (χ2n) is 4.32. The van der Waals surface area contributed by atoms with Crippen LogP contribution in [0.15, 0.2) is 12.1 Å². The van der Waals surface area contributed by atoms with Crippen molar-refractivity contribution in [3.05, 3.63) is 23.3 Å². The lowest BCUT2D eigenvalue weighted by Crippen LogP contribution is -2.10. The van der Waals surface area contributed by atoms with Gasteiger partial charge in [0.1, 0.15) is 0 Å². The molecule has 0 spiro atoms. The van der Waals surface area contributed by atoms with Crippen molar-refractivity contribution in [2.75, 3.05) is 14.2 Å². The number of hydrogen-bond acceptors (Lipinski definition) is 2. The van der Waals surface area contributed by atoms with Crippen molar-refractivity contribution in [2.24, 2.45) is 5.92 Å². The van der Waals surface area contributed by atoms with Crippen LogP contribution in [0.3, 0.4) is 0 Å². The van der Waals surface area contributed by atoms with Crippen LogP contribution < -0.4 is 9.47 Å². The van der Waals surface area contributed by atoms with Crippen LogP contribution in [-0.2, 0) is 12.8 Å². The number of hydrogen-bond donors (Lipinski definition) is 0. The van der Waals surface area contributed by atoms with E-state index in [0.717, 1.165) is 24.3 Å². The molecule has 16 heavy (non-hydrogen) atoms. The molecule has 2 rings (SSSR count). The molecule has 0 N–H and O–H groups in total. The molecule has 2 nitrogen and oxygen atoms in total. The van der Waals surface area contributed by atoms with Crippen LogP contribution in [0.25, 0.3) is 0 Å². The summed E-state index contributed by atoms with van der Waals surface area (Å²) in [4.78, 5) is 0.553. The van der Waals surface area contributed by atoms with E-state index in [2.05, 4.69) is 35.0 Å². The van der Waals surface area contributed by atoms with Gasteiger partial charge in [0, 0.05) is 4.83 Å². The highest BCUT2D eigenvalue weighted by atomic mass is 79.9. The third-order valence-electron chi connectivity index (χ3n) is 3.32. The minimum absolute atomic E-state index is 0.553. The van der Waals surface area contributed by atoms with E-state index in [1.165, 1.54) is 11.1 Å². The van der Waals surface area contributed by atoms with Crippen molar-refractivity contribution in [1.29, 1.82) is 0 Å². The molecule has 1 aromatic carbocycles. The number of ether oxygens (including phenoxy) is 2. The van der Waals surface area contributed by atoms with Gasteiger partial charge in [-0.25, -0.2) is 0 Å². The summed E-state index contributed by atoms with van der Waals surface area (Å²) >= 11 is 3.67. The number of fused-ring (bicyclic) bond motifs is 1. The van der Waals surface area contributed by atoms with Crippen LogP contribution in [0.4, 0.5) is 0 Å².